The zero-order valence-corrected chi connectivity index (χ0v) is 11.0. The Morgan fingerprint density at radius 2 is 2.40 bits per heavy atom. The number of carbonyl (C=O) groups is 1. The first kappa shape index (κ1) is 14.5. The van der Waals surface area contributed by atoms with Crippen molar-refractivity contribution in [1.29, 1.82) is 0 Å². The van der Waals surface area contributed by atoms with E-state index in [9.17, 15) is 9.18 Å². The molecule has 2 rings (SSSR count). The van der Waals surface area contributed by atoms with Crippen molar-refractivity contribution >= 4 is 12.0 Å². The third-order valence-corrected chi connectivity index (χ3v) is 3.11. The molecular weight excluding hydrogens is 263 g/mol. The molecule has 1 atom stereocenters. The second kappa shape index (κ2) is 7.05. The Hall–Kier alpha value is -1.88. The maximum absolute atomic E-state index is 13.7. The third kappa shape index (κ3) is 4.06. The lowest BCUT2D eigenvalue weighted by atomic mass is 10.1. The molecule has 1 aromatic rings. The molecule has 1 aliphatic heterocycles. The van der Waals surface area contributed by atoms with Gasteiger partial charge in [0.05, 0.1) is 12.7 Å². The van der Waals surface area contributed by atoms with E-state index in [-0.39, 0.29) is 11.9 Å². The number of carboxylic acids is 1. The van der Waals surface area contributed by atoms with E-state index in [1.54, 1.807) is 6.07 Å². The summed E-state index contributed by atoms with van der Waals surface area (Å²) in [4.78, 5) is 10.5. The van der Waals surface area contributed by atoms with E-state index >= 15 is 0 Å². The smallest absolute Gasteiger partial charge is 0.328 e. The number of para-hydroxylation sites is 1. The van der Waals surface area contributed by atoms with Crippen LogP contribution in [0.2, 0.25) is 0 Å². The van der Waals surface area contributed by atoms with Crippen molar-refractivity contribution in [2.75, 3.05) is 13.2 Å². The quantitative estimate of drug-likeness (QED) is 0.814. The summed E-state index contributed by atoms with van der Waals surface area (Å²) in [5.74, 6) is -1.49. The molecule has 0 aromatic heterocycles. The van der Waals surface area contributed by atoms with Gasteiger partial charge in [0.25, 0.3) is 0 Å². The van der Waals surface area contributed by atoms with Crippen molar-refractivity contribution in [3.63, 3.8) is 0 Å². The van der Waals surface area contributed by atoms with Crippen LogP contribution < -0.4 is 4.74 Å². The van der Waals surface area contributed by atoms with E-state index in [2.05, 4.69) is 0 Å². The number of hydrogen-bond donors (Lipinski definition) is 1. The molecule has 5 heteroatoms. The van der Waals surface area contributed by atoms with E-state index in [1.165, 1.54) is 18.2 Å². The van der Waals surface area contributed by atoms with Gasteiger partial charge in [-0.1, -0.05) is 12.1 Å². The fraction of sp³-hybridized carbons (Fsp3) is 0.400. The lowest BCUT2D eigenvalue weighted by molar-refractivity contribution is -0.131. The number of benzene rings is 1. The monoisotopic (exact) mass is 280 g/mol. The third-order valence-electron chi connectivity index (χ3n) is 3.11. The molecule has 0 saturated carbocycles. The second-order valence-electron chi connectivity index (χ2n) is 4.60. The van der Waals surface area contributed by atoms with E-state index in [0.29, 0.717) is 18.6 Å². The second-order valence-corrected chi connectivity index (χ2v) is 4.60. The first-order chi connectivity index (χ1) is 9.66. The van der Waals surface area contributed by atoms with Gasteiger partial charge in [-0.3, -0.25) is 0 Å². The molecule has 1 N–H and O–H groups in total. The van der Waals surface area contributed by atoms with Gasteiger partial charge in [-0.15, -0.1) is 0 Å². The predicted molar refractivity (Wildman–Crippen MR) is 72.2 cm³/mol. The minimum Gasteiger partial charge on any atom is -0.490 e. The first-order valence-corrected chi connectivity index (χ1v) is 6.61. The number of ether oxygens (including phenoxy) is 2. The van der Waals surface area contributed by atoms with Gasteiger partial charge in [-0.25, -0.2) is 9.18 Å². The minimum absolute atomic E-state index is 0.0861. The summed E-state index contributed by atoms with van der Waals surface area (Å²) in [6.45, 7) is 1.12. The van der Waals surface area contributed by atoms with Crippen LogP contribution in [0.1, 0.15) is 24.8 Å². The van der Waals surface area contributed by atoms with E-state index in [0.717, 1.165) is 25.5 Å². The number of halogens is 1. The van der Waals surface area contributed by atoms with Gasteiger partial charge in [0.1, 0.15) is 0 Å². The molecule has 1 heterocycles. The Morgan fingerprint density at radius 1 is 1.55 bits per heavy atom. The number of aliphatic carboxylic acids is 1. The van der Waals surface area contributed by atoms with Crippen molar-refractivity contribution in [2.24, 2.45) is 0 Å². The van der Waals surface area contributed by atoms with Crippen LogP contribution in [-0.2, 0) is 9.53 Å². The summed E-state index contributed by atoms with van der Waals surface area (Å²) < 4.78 is 24.7. The molecular formula is C15H17FO4. The Morgan fingerprint density at radius 3 is 3.10 bits per heavy atom. The highest BCUT2D eigenvalue weighted by atomic mass is 19.1. The normalized spacial score (nSPS) is 18.6. The Labute approximate surface area is 116 Å². The Balaban J connectivity index is 1.99. The van der Waals surface area contributed by atoms with Crippen LogP contribution in [0.4, 0.5) is 4.39 Å². The lowest BCUT2D eigenvalue weighted by Crippen LogP contribution is -2.11. The topological polar surface area (TPSA) is 55.8 Å². The first-order valence-electron chi connectivity index (χ1n) is 6.61. The average molecular weight is 280 g/mol. The van der Waals surface area contributed by atoms with Gasteiger partial charge in [0.15, 0.2) is 11.6 Å². The predicted octanol–water partition coefficient (Wildman–Crippen LogP) is 2.87. The summed E-state index contributed by atoms with van der Waals surface area (Å²) in [5.41, 5.74) is 0.416. The Kier molecular flexibility index (Phi) is 5.12. The SMILES string of the molecule is O=C(O)/C=C/c1cccc(F)c1OCCC1CCCO1. The molecule has 1 saturated heterocycles. The van der Waals surface area contributed by atoms with Gasteiger partial charge < -0.3 is 14.6 Å². The zero-order chi connectivity index (χ0) is 14.4. The van der Waals surface area contributed by atoms with Gasteiger partial charge in [-0.2, -0.15) is 0 Å². The van der Waals surface area contributed by atoms with Gasteiger partial charge in [0.2, 0.25) is 0 Å². The fourth-order valence-electron chi connectivity index (χ4n) is 2.13. The lowest BCUT2D eigenvalue weighted by Gasteiger charge is -2.13. The largest absolute Gasteiger partial charge is 0.490 e. The van der Waals surface area contributed by atoms with Crippen LogP contribution in [0.25, 0.3) is 6.08 Å². The van der Waals surface area contributed by atoms with E-state index < -0.39 is 11.8 Å². The summed E-state index contributed by atoms with van der Waals surface area (Å²) in [6.07, 6.45) is 5.23. The van der Waals surface area contributed by atoms with Crippen molar-refractivity contribution in [2.45, 2.75) is 25.4 Å². The standard InChI is InChI=1S/C15H17FO4/c16-13-5-1-3-11(6-7-14(17)18)15(13)20-10-8-12-4-2-9-19-12/h1,3,5-7,12H,2,4,8-10H2,(H,17,18)/b7-6+. The van der Waals surface area contributed by atoms with Gasteiger partial charge in [0, 0.05) is 24.7 Å². The molecule has 0 spiro atoms. The highest BCUT2D eigenvalue weighted by Crippen LogP contribution is 2.25. The van der Waals surface area contributed by atoms with Crippen molar-refractivity contribution in [1.82, 2.24) is 0 Å². The highest BCUT2D eigenvalue weighted by molar-refractivity contribution is 5.85. The number of hydrogen-bond acceptors (Lipinski definition) is 3. The van der Waals surface area contributed by atoms with Crippen LogP contribution in [0.3, 0.4) is 0 Å². The maximum atomic E-state index is 13.7. The molecule has 1 unspecified atom stereocenters. The molecule has 0 bridgehead atoms. The molecule has 4 nitrogen and oxygen atoms in total. The maximum Gasteiger partial charge on any atom is 0.328 e. The zero-order valence-electron chi connectivity index (χ0n) is 11.0. The molecule has 0 aliphatic carbocycles. The molecule has 1 aliphatic rings. The minimum atomic E-state index is -1.08. The highest BCUT2D eigenvalue weighted by Gasteiger charge is 2.16. The van der Waals surface area contributed by atoms with Crippen molar-refractivity contribution in [3.8, 4) is 5.75 Å². The molecule has 20 heavy (non-hydrogen) atoms. The van der Waals surface area contributed by atoms with Crippen LogP contribution >= 0.6 is 0 Å². The van der Waals surface area contributed by atoms with Gasteiger partial charge in [-0.05, 0) is 25.0 Å². The summed E-state index contributed by atoms with van der Waals surface area (Å²) in [5, 5.41) is 8.62. The summed E-state index contributed by atoms with van der Waals surface area (Å²) in [6, 6.07) is 4.42. The molecule has 0 amide bonds. The molecule has 0 radical (unpaired) electrons. The average Bonchev–Trinajstić information content (AvgIpc) is 2.92. The Bertz CT molecular complexity index is 493. The number of rotatable bonds is 6. The summed E-state index contributed by atoms with van der Waals surface area (Å²) in [7, 11) is 0. The molecule has 1 fully saturated rings. The number of carboxylic acid groups (broad SMARTS) is 1. The fourth-order valence-corrected chi connectivity index (χ4v) is 2.13. The molecule has 108 valence electrons. The van der Waals surface area contributed by atoms with Crippen molar-refractivity contribution in [3.05, 3.63) is 35.7 Å². The van der Waals surface area contributed by atoms with Crippen LogP contribution in [-0.4, -0.2) is 30.4 Å². The van der Waals surface area contributed by atoms with Crippen LogP contribution in [0, 0.1) is 5.82 Å². The van der Waals surface area contributed by atoms with Crippen LogP contribution in [0.15, 0.2) is 24.3 Å². The van der Waals surface area contributed by atoms with E-state index in [1.807, 2.05) is 0 Å². The van der Waals surface area contributed by atoms with E-state index in [4.69, 9.17) is 14.6 Å². The van der Waals surface area contributed by atoms with Crippen molar-refractivity contribution < 1.29 is 23.8 Å². The summed E-state index contributed by atoms with van der Waals surface area (Å²) >= 11 is 0. The van der Waals surface area contributed by atoms with Crippen LogP contribution in [0.5, 0.6) is 5.75 Å². The van der Waals surface area contributed by atoms with Gasteiger partial charge >= 0.3 is 5.97 Å². The molecule has 1 aromatic carbocycles.